The minimum absolute atomic E-state index is 0.689. The molecule has 19 heavy (non-hydrogen) atoms. The summed E-state index contributed by atoms with van der Waals surface area (Å²) >= 11 is 0. The van der Waals surface area contributed by atoms with Crippen LogP contribution in [0.25, 0.3) is 11.1 Å². The van der Waals surface area contributed by atoms with Gasteiger partial charge in [0.2, 0.25) is 0 Å². The van der Waals surface area contributed by atoms with Gasteiger partial charge >= 0.3 is 0 Å². The highest BCUT2D eigenvalue weighted by atomic mass is 16.5. The molecule has 1 aliphatic rings. The largest absolute Gasteiger partial charge is 0.495 e. The maximum Gasteiger partial charge on any atom is 0.141 e. The van der Waals surface area contributed by atoms with Gasteiger partial charge in [-0.25, -0.2) is 0 Å². The van der Waals surface area contributed by atoms with Crippen LogP contribution in [0.1, 0.15) is 30.7 Å². The van der Waals surface area contributed by atoms with Gasteiger partial charge in [0.1, 0.15) is 5.75 Å². The highest BCUT2D eigenvalue weighted by Crippen LogP contribution is 2.38. The molecule has 0 spiro atoms. The first-order valence-electron chi connectivity index (χ1n) is 6.82. The van der Waals surface area contributed by atoms with Crippen molar-refractivity contribution in [1.29, 1.82) is 0 Å². The number of nitrogen functional groups attached to an aromatic ring is 1. The lowest BCUT2D eigenvalue weighted by Crippen LogP contribution is -2.08. The second-order valence-corrected chi connectivity index (χ2v) is 5.21. The monoisotopic (exact) mass is 253 g/mol. The Morgan fingerprint density at radius 2 is 1.84 bits per heavy atom. The summed E-state index contributed by atoms with van der Waals surface area (Å²) in [6.07, 6.45) is 4.02. The van der Waals surface area contributed by atoms with Crippen LogP contribution >= 0.6 is 0 Å². The Balaban J connectivity index is 1.94. The normalized spacial score (nSPS) is 15.0. The zero-order valence-corrected chi connectivity index (χ0v) is 11.2. The van der Waals surface area contributed by atoms with Crippen molar-refractivity contribution in [2.24, 2.45) is 0 Å². The summed E-state index contributed by atoms with van der Waals surface area (Å²) in [5, 5.41) is 0. The summed E-state index contributed by atoms with van der Waals surface area (Å²) in [7, 11) is 1.64. The van der Waals surface area contributed by atoms with E-state index in [2.05, 4.69) is 30.3 Å². The van der Waals surface area contributed by atoms with Gasteiger partial charge in [-0.05, 0) is 47.6 Å². The van der Waals surface area contributed by atoms with Crippen molar-refractivity contribution in [2.75, 3.05) is 12.8 Å². The molecule has 0 atom stereocenters. The average Bonchev–Trinajstić information content (AvgIpc) is 2.37. The molecule has 0 bridgehead atoms. The van der Waals surface area contributed by atoms with Gasteiger partial charge in [0.25, 0.3) is 0 Å². The molecule has 0 heterocycles. The van der Waals surface area contributed by atoms with Gasteiger partial charge < -0.3 is 10.5 Å². The molecule has 98 valence electrons. The number of ether oxygens (including phenoxy) is 1. The van der Waals surface area contributed by atoms with E-state index in [0.29, 0.717) is 5.69 Å². The van der Waals surface area contributed by atoms with Crippen LogP contribution in [0.15, 0.2) is 42.5 Å². The van der Waals surface area contributed by atoms with E-state index in [4.69, 9.17) is 10.5 Å². The first kappa shape index (κ1) is 12.1. The van der Waals surface area contributed by atoms with Crippen molar-refractivity contribution in [1.82, 2.24) is 0 Å². The molecule has 0 amide bonds. The summed E-state index contributed by atoms with van der Waals surface area (Å²) in [6, 6.07) is 14.8. The molecule has 1 fully saturated rings. The SMILES string of the molecule is COc1ccc(-c2cccc(C3CCC3)c2)cc1N. The Kier molecular flexibility index (Phi) is 3.16. The van der Waals surface area contributed by atoms with Crippen LogP contribution in [-0.2, 0) is 0 Å². The number of hydrogen-bond donors (Lipinski definition) is 1. The van der Waals surface area contributed by atoms with Gasteiger partial charge in [0.15, 0.2) is 0 Å². The molecule has 2 N–H and O–H groups in total. The molecular formula is C17H19NO. The fourth-order valence-electron chi connectivity index (χ4n) is 2.63. The van der Waals surface area contributed by atoms with Gasteiger partial charge in [-0.2, -0.15) is 0 Å². The third-order valence-corrected chi connectivity index (χ3v) is 4.03. The zero-order chi connectivity index (χ0) is 13.2. The Bertz CT molecular complexity index is 588. The van der Waals surface area contributed by atoms with Crippen molar-refractivity contribution in [2.45, 2.75) is 25.2 Å². The first-order chi connectivity index (χ1) is 9.28. The molecule has 2 heteroatoms. The van der Waals surface area contributed by atoms with E-state index in [1.165, 1.54) is 30.4 Å². The van der Waals surface area contributed by atoms with Crippen molar-refractivity contribution < 1.29 is 4.74 Å². The van der Waals surface area contributed by atoms with Gasteiger partial charge in [-0.1, -0.05) is 36.8 Å². The fourth-order valence-corrected chi connectivity index (χ4v) is 2.63. The summed E-state index contributed by atoms with van der Waals surface area (Å²) in [5.41, 5.74) is 10.5. The topological polar surface area (TPSA) is 35.2 Å². The molecule has 1 aliphatic carbocycles. The van der Waals surface area contributed by atoms with E-state index in [9.17, 15) is 0 Å². The molecule has 0 saturated heterocycles. The minimum Gasteiger partial charge on any atom is -0.495 e. The molecule has 0 aromatic heterocycles. The lowest BCUT2D eigenvalue weighted by Gasteiger charge is -2.26. The maximum atomic E-state index is 5.98. The van der Waals surface area contributed by atoms with Gasteiger partial charge in [-0.3, -0.25) is 0 Å². The van der Waals surface area contributed by atoms with E-state index in [-0.39, 0.29) is 0 Å². The number of hydrogen-bond acceptors (Lipinski definition) is 2. The van der Waals surface area contributed by atoms with Crippen LogP contribution < -0.4 is 10.5 Å². The van der Waals surface area contributed by atoms with E-state index < -0.39 is 0 Å². The number of methoxy groups -OCH3 is 1. The lowest BCUT2D eigenvalue weighted by molar-refractivity contribution is 0.417. The van der Waals surface area contributed by atoms with Crippen LogP contribution in [0.3, 0.4) is 0 Å². The quantitative estimate of drug-likeness (QED) is 0.831. The zero-order valence-electron chi connectivity index (χ0n) is 11.2. The number of anilines is 1. The summed E-state index contributed by atoms with van der Waals surface area (Å²) in [6.45, 7) is 0. The predicted octanol–water partition coefficient (Wildman–Crippen LogP) is 4.21. The van der Waals surface area contributed by atoms with E-state index in [1.54, 1.807) is 7.11 Å². The third kappa shape index (κ3) is 2.30. The van der Waals surface area contributed by atoms with Crippen LogP contribution in [0.4, 0.5) is 5.69 Å². The molecule has 2 nitrogen and oxygen atoms in total. The molecular weight excluding hydrogens is 234 g/mol. The van der Waals surface area contributed by atoms with Crippen LogP contribution in [0.2, 0.25) is 0 Å². The Hall–Kier alpha value is -1.96. The molecule has 0 unspecified atom stereocenters. The van der Waals surface area contributed by atoms with Crippen molar-refractivity contribution >= 4 is 5.69 Å². The van der Waals surface area contributed by atoms with E-state index in [0.717, 1.165) is 17.2 Å². The van der Waals surface area contributed by atoms with Crippen LogP contribution in [0, 0.1) is 0 Å². The van der Waals surface area contributed by atoms with E-state index >= 15 is 0 Å². The molecule has 0 radical (unpaired) electrons. The minimum atomic E-state index is 0.689. The smallest absolute Gasteiger partial charge is 0.141 e. The summed E-state index contributed by atoms with van der Waals surface area (Å²) in [4.78, 5) is 0. The van der Waals surface area contributed by atoms with Crippen molar-refractivity contribution in [3.8, 4) is 16.9 Å². The number of rotatable bonds is 3. The Morgan fingerprint density at radius 3 is 2.47 bits per heavy atom. The van der Waals surface area contributed by atoms with Gasteiger partial charge in [-0.15, -0.1) is 0 Å². The molecule has 3 rings (SSSR count). The maximum absolute atomic E-state index is 5.98. The van der Waals surface area contributed by atoms with Crippen molar-refractivity contribution in [3.05, 3.63) is 48.0 Å². The molecule has 1 saturated carbocycles. The Labute approximate surface area is 114 Å². The summed E-state index contributed by atoms with van der Waals surface area (Å²) < 4.78 is 5.20. The standard InChI is InChI=1S/C17H19NO/c1-19-17-9-8-15(11-16(17)18)14-7-3-6-13(10-14)12-4-2-5-12/h3,6-12H,2,4-5,18H2,1H3. The third-order valence-electron chi connectivity index (χ3n) is 4.03. The molecule has 0 aliphatic heterocycles. The van der Waals surface area contributed by atoms with Crippen LogP contribution in [0.5, 0.6) is 5.75 Å². The van der Waals surface area contributed by atoms with E-state index in [1.807, 2.05) is 12.1 Å². The van der Waals surface area contributed by atoms with Crippen LogP contribution in [-0.4, -0.2) is 7.11 Å². The second kappa shape index (κ2) is 4.96. The average molecular weight is 253 g/mol. The van der Waals surface area contributed by atoms with Crippen molar-refractivity contribution in [3.63, 3.8) is 0 Å². The number of benzene rings is 2. The Morgan fingerprint density at radius 1 is 1.05 bits per heavy atom. The highest BCUT2D eigenvalue weighted by Gasteiger charge is 2.19. The fraction of sp³-hybridized carbons (Fsp3) is 0.294. The summed E-state index contributed by atoms with van der Waals surface area (Å²) in [5.74, 6) is 1.49. The lowest BCUT2D eigenvalue weighted by atomic mass is 9.79. The second-order valence-electron chi connectivity index (χ2n) is 5.21. The van der Waals surface area contributed by atoms with Gasteiger partial charge in [0.05, 0.1) is 12.8 Å². The first-order valence-corrected chi connectivity index (χ1v) is 6.82. The molecule has 2 aromatic carbocycles. The highest BCUT2D eigenvalue weighted by molar-refractivity contribution is 5.71. The van der Waals surface area contributed by atoms with Gasteiger partial charge in [0, 0.05) is 0 Å². The molecule has 2 aromatic rings. The number of nitrogens with two attached hydrogens (primary N) is 1. The predicted molar refractivity (Wildman–Crippen MR) is 79.4 cm³/mol.